The predicted octanol–water partition coefficient (Wildman–Crippen LogP) is 5.81. The molecule has 0 aliphatic carbocycles. The number of aromatic nitrogens is 2. The highest BCUT2D eigenvalue weighted by Crippen LogP contribution is 2.27. The monoisotopic (exact) mass is 393 g/mol. The van der Waals surface area contributed by atoms with E-state index in [-0.39, 0.29) is 5.91 Å². The van der Waals surface area contributed by atoms with Crippen molar-refractivity contribution in [2.75, 3.05) is 5.32 Å². The zero-order valence-electron chi connectivity index (χ0n) is 14.5. The van der Waals surface area contributed by atoms with Gasteiger partial charge >= 0.3 is 0 Å². The van der Waals surface area contributed by atoms with E-state index in [9.17, 15) is 4.79 Å². The van der Waals surface area contributed by atoms with Gasteiger partial charge in [-0.25, -0.2) is 4.68 Å². The molecule has 2 aromatic carbocycles. The second-order valence-electron chi connectivity index (χ2n) is 6.05. The van der Waals surface area contributed by atoms with Gasteiger partial charge in [-0.15, -0.1) is 11.3 Å². The van der Waals surface area contributed by atoms with Gasteiger partial charge in [0.25, 0.3) is 5.91 Å². The minimum atomic E-state index is -0.237. The van der Waals surface area contributed by atoms with Gasteiger partial charge in [0.15, 0.2) is 0 Å². The number of hydrogen-bond acceptors (Lipinski definition) is 3. The van der Waals surface area contributed by atoms with Gasteiger partial charge in [0.05, 0.1) is 10.6 Å². The second-order valence-corrected chi connectivity index (χ2v) is 7.44. The van der Waals surface area contributed by atoms with Crippen molar-refractivity contribution in [3.05, 3.63) is 88.4 Å². The first-order valence-corrected chi connectivity index (χ1v) is 9.64. The fourth-order valence-corrected chi connectivity index (χ4v) is 3.62. The number of carbonyl (C=O) groups is 1. The minimum Gasteiger partial charge on any atom is -0.320 e. The first kappa shape index (κ1) is 17.5. The lowest BCUT2D eigenvalue weighted by molar-refractivity contribution is 0.101. The molecule has 0 bridgehead atoms. The molecule has 1 amide bonds. The van der Waals surface area contributed by atoms with E-state index >= 15 is 0 Å². The van der Waals surface area contributed by atoms with Crippen molar-refractivity contribution in [3.63, 3.8) is 0 Å². The molecule has 0 fully saturated rings. The highest BCUT2D eigenvalue weighted by molar-refractivity contribution is 7.13. The average molecular weight is 394 g/mol. The van der Waals surface area contributed by atoms with Crippen LogP contribution in [0.2, 0.25) is 5.02 Å². The molecule has 6 heteroatoms. The molecule has 1 N–H and O–H groups in total. The van der Waals surface area contributed by atoms with Crippen LogP contribution >= 0.6 is 22.9 Å². The third kappa shape index (κ3) is 3.65. The average Bonchev–Trinajstić information content (AvgIpc) is 3.35. The second kappa shape index (κ2) is 7.39. The van der Waals surface area contributed by atoms with Crippen LogP contribution in [0.3, 0.4) is 0 Å². The van der Waals surface area contributed by atoms with E-state index in [4.69, 9.17) is 11.6 Å². The molecule has 0 aliphatic heterocycles. The number of hydrogen-bond donors (Lipinski definition) is 1. The van der Waals surface area contributed by atoms with Crippen LogP contribution in [0, 0.1) is 6.92 Å². The molecule has 0 saturated heterocycles. The molecule has 2 heterocycles. The molecular weight excluding hydrogens is 378 g/mol. The number of anilines is 1. The Morgan fingerprint density at radius 2 is 1.89 bits per heavy atom. The van der Waals surface area contributed by atoms with E-state index in [0.29, 0.717) is 16.4 Å². The van der Waals surface area contributed by atoms with Crippen LogP contribution in [0.4, 0.5) is 5.69 Å². The molecule has 0 spiro atoms. The van der Waals surface area contributed by atoms with Gasteiger partial charge in [0.2, 0.25) is 0 Å². The van der Waals surface area contributed by atoms with Gasteiger partial charge in [-0.1, -0.05) is 41.9 Å². The zero-order chi connectivity index (χ0) is 18.8. The predicted molar refractivity (Wildman–Crippen MR) is 111 cm³/mol. The highest BCUT2D eigenvalue weighted by Gasteiger charge is 2.19. The fraction of sp³-hybridized carbons (Fsp3) is 0.0476. The molecule has 0 atom stereocenters. The summed E-state index contributed by atoms with van der Waals surface area (Å²) in [4.78, 5) is 14.1. The van der Waals surface area contributed by atoms with Crippen LogP contribution in [-0.4, -0.2) is 15.7 Å². The lowest BCUT2D eigenvalue weighted by atomic mass is 10.2. The maximum Gasteiger partial charge on any atom is 0.274 e. The van der Waals surface area contributed by atoms with Crippen LogP contribution in [-0.2, 0) is 0 Å². The van der Waals surface area contributed by atoms with Crippen molar-refractivity contribution in [2.24, 2.45) is 0 Å². The van der Waals surface area contributed by atoms with Crippen molar-refractivity contribution in [3.8, 4) is 16.3 Å². The summed E-state index contributed by atoms with van der Waals surface area (Å²) >= 11 is 7.67. The number of rotatable bonds is 4. The normalized spacial score (nSPS) is 10.7. The molecule has 2 aromatic heterocycles. The zero-order valence-corrected chi connectivity index (χ0v) is 16.1. The number of aryl methyl sites for hydroxylation is 1. The van der Waals surface area contributed by atoms with E-state index in [1.165, 1.54) is 0 Å². The summed E-state index contributed by atoms with van der Waals surface area (Å²) in [6.07, 6.45) is 0. The van der Waals surface area contributed by atoms with Crippen molar-refractivity contribution < 1.29 is 4.79 Å². The van der Waals surface area contributed by atoms with Crippen LogP contribution in [0.15, 0.2) is 72.1 Å². The first-order valence-electron chi connectivity index (χ1n) is 8.39. The van der Waals surface area contributed by atoms with Gasteiger partial charge < -0.3 is 5.32 Å². The van der Waals surface area contributed by atoms with E-state index in [2.05, 4.69) is 10.4 Å². The molecule has 0 aliphatic rings. The van der Waals surface area contributed by atoms with Crippen molar-refractivity contribution in [1.82, 2.24) is 9.78 Å². The van der Waals surface area contributed by atoms with Crippen molar-refractivity contribution in [2.45, 2.75) is 6.92 Å². The smallest absolute Gasteiger partial charge is 0.274 e. The topological polar surface area (TPSA) is 46.9 Å². The summed E-state index contributed by atoms with van der Waals surface area (Å²) in [6, 6.07) is 20.8. The number of para-hydroxylation sites is 1. The van der Waals surface area contributed by atoms with Crippen molar-refractivity contribution >= 4 is 34.5 Å². The van der Waals surface area contributed by atoms with Crippen LogP contribution in [0.25, 0.3) is 16.3 Å². The standard InChI is InChI=1S/C21H16ClN3OS/c1-14-9-10-15(22)12-17(14)23-21(26)19-13-18(20-8-5-11-27-20)24-25(19)16-6-3-2-4-7-16/h2-13H,1H3,(H,23,26). The molecule has 0 saturated carbocycles. The third-order valence-electron chi connectivity index (χ3n) is 4.16. The molecule has 134 valence electrons. The number of nitrogens with one attached hydrogen (secondary N) is 1. The Hall–Kier alpha value is -2.89. The Morgan fingerprint density at radius 1 is 1.07 bits per heavy atom. The highest BCUT2D eigenvalue weighted by atomic mass is 35.5. The van der Waals surface area contributed by atoms with Crippen molar-refractivity contribution in [1.29, 1.82) is 0 Å². The van der Waals surface area contributed by atoms with Gasteiger partial charge in [-0.05, 0) is 54.3 Å². The molecule has 27 heavy (non-hydrogen) atoms. The van der Waals surface area contributed by atoms with E-state index in [0.717, 1.165) is 21.8 Å². The Labute approximate surface area is 166 Å². The summed E-state index contributed by atoms with van der Waals surface area (Å²) in [7, 11) is 0. The SMILES string of the molecule is Cc1ccc(Cl)cc1NC(=O)c1cc(-c2cccs2)nn1-c1ccccc1. The Morgan fingerprint density at radius 3 is 2.63 bits per heavy atom. The summed E-state index contributed by atoms with van der Waals surface area (Å²) in [5.74, 6) is -0.237. The van der Waals surface area contributed by atoms with E-state index in [1.807, 2.05) is 66.9 Å². The fourth-order valence-electron chi connectivity index (χ4n) is 2.77. The largest absolute Gasteiger partial charge is 0.320 e. The van der Waals surface area contributed by atoms with Gasteiger partial charge in [-0.3, -0.25) is 4.79 Å². The summed E-state index contributed by atoms with van der Waals surface area (Å²) < 4.78 is 1.67. The van der Waals surface area contributed by atoms with Gasteiger partial charge in [0.1, 0.15) is 11.4 Å². The van der Waals surface area contributed by atoms with Crippen LogP contribution < -0.4 is 5.32 Å². The van der Waals surface area contributed by atoms with Crippen LogP contribution in [0.5, 0.6) is 0 Å². The molecule has 4 aromatic rings. The van der Waals surface area contributed by atoms with Crippen LogP contribution in [0.1, 0.15) is 16.1 Å². The molecule has 4 nitrogen and oxygen atoms in total. The maximum atomic E-state index is 13.0. The minimum absolute atomic E-state index is 0.237. The maximum absolute atomic E-state index is 13.0. The summed E-state index contributed by atoms with van der Waals surface area (Å²) in [5, 5.41) is 10.2. The van der Waals surface area contributed by atoms with E-state index < -0.39 is 0 Å². The number of carbonyl (C=O) groups excluding carboxylic acids is 1. The third-order valence-corrected chi connectivity index (χ3v) is 5.29. The Balaban J connectivity index is 1.76. The Kier molecular flexibility index (Phi) is 4.79. The first-order chi connectivity index (χ1) is 13.1. The Bertz CT molecular complexity index is 1090. The quantitative estimate of drug-likeness (QED) is 0.475. The molecular formula is C21H16ClN3OS. The number of nitrogens with zero attached hydrogens (tertiary/aromatic N) is 2. The number of thiophene rings is 1. The van der Waals surface area contributed by atoms with E-state index in [1.54, 1.807) is 28.2 Å². The molecule has 0 radical (unpaired) electrons. The number of benzene rings is 2. The lowest BCUT2D eigenvalue weighted by Crippen LogP contribution is -2.17. The molecule has 4 rings (SSSR count). The lowest BCUT2D eigenvalue weighted by Gasteiger charge is -2.10. The summed E-state index contributed by atoms with van der Waals surface area (Å²) in [5.41, 5.74) is 3.68. The van der Waals surface area contributed by atoms with Gasteiger partial charge in [-0.2, -0.15) is 5.10 Å². The summed E-state index contributed by atoms with van der Waals surface area (Å²) in [6.45, 7) is 1.93. The van der Waals surface area contributed by atoms with Gasteiger partial charge in [0, 0.05) is 10.7 Å². The molecule has 0 unspecified atom stereocenters. The number of halogens is 1. The number of amides is 1.